The fourth-order valence-corrected chi connectivity index (χ4v) is 2.28. The highest BCUT2D eigenvalue weighted by molar-refractivity contribution is 7.20. The van der Waals surface area contributed by atoms with Crippen molar-refractivity contribution in [3.8, 4) is 5.06 Å². The molecule has 0 spiro atoms. The number of aryl methyl sites for hydroxylation is 1. The summed E-state index contributed by atoms with van der Waals surface area (Å²) in [6, 6.07) is 6.00. The van der Waals surface area contributed by atoms with Crippen molar-refractivity contribution in [2.24, 2.45) is 0 Å². The number of methoxy groups -OCH3 is 1. The maximum atomic E-state index is 5.80. The number of rotatable bonds is 1. The summed E-state index contributed by atoms with van der Waals surface area (Å²) in [6.07, 6.45) is 0. The molecule has 0 aliphatic heterocycles. The van der Waals surface area contributed by atoms with Crippen LogP contribution < -0.4 is 10.5 Å². The van der Waals surface area contributed by atoms with Crippen LogP contribution in [0.1, 0.15) is 5.56 Å². The molecule has 2 aromatic rings. The molecule has 1 aromatic heterocycles. The summed E-state index contributed by atoms with van der Waals surface area (Å²) in [5.41, 5.74) is 7.78. The van der Waals surface area contributed by atoms with Gasteiger partial charge < -0.3 is 10.5 Å². The lowest BCUT2D eigenvalue weighted by atomic mass is 10.1. The van der Waals surface area contributed by atoms with Gasteiger partial charge in [-0.05, 0) is 30.7 Å². The summed E-state index contributed by atoms with van der Waals surface area (Å²) in [5, 5.41) is 2.13. The second kappa shape index (κ2) is 2.92. The van der Waals surface area contributed by atoms with Gasteiger partial charge in [0.1, 0.15) is 0 Å². The van der Waals surface area contributed by atoms with E-state index >= 15 is 0 Å². The van der Waals surface area contributed by atoms with Crippen LogP contribution in [0.25, 0.3) is 10.1 Å². The third kappa shape index (κ3) is 1.25. The third-order valence-electron chi connectivity index (χ3n) is 2.19. The van der Waals surface area contributed by atoms with Gasteiger partial charge in [-0.1, -0.05) is 11.3 Å². The zero-order valence-corrected chi connectivity index (χ0v) is 8.44. The Bertz CT molecular complexity index is 447. The summed E-state index contributed by atoms with van der Waals surface area (Å²) in [5.74, 6) is 0. The number of benzene rings is 1. The lowest BCUT2D eigenvalue weighted by Gasteiger charge is -1.99. The molecule has 0 saturated carbocycles. The van der Waals surface area contributed by atoms with Crippen molar-refractivity contribution in [2.75, 3.05) is 12.8 Å². The Hall–Kier alpha value is -1.22. The van der Waals surface area contributed by atoms with E-state index in [1.807, 2.05) is 25.1 Å². The van der Waals surface area contributed by atoms with Crippen molar-refractivity contribution in [3.63, 3.8) is 0 Å². The average molecular weight is 193 g/mol. The molecule has 13 heavy (non-hydrogen) atoms. The third-order valence-corrected chi connectivity index (χ3v) is 3.25. The number of nitrogen functional groups attached to an aromatic ring is 1. The second-order valence-corrected chi connectivity index (χ2v) is 4.01. The van der Waals surface area contributed by atoms with Gasteiger partial charge in [0, 0.05) is 15.8 Å². The quantitative estimate of drug-likeness (QED) is 0.707. The Labute approximate surface area is 80.9 Å². The van der Waals surface area contributed by atoms with Crippen LogP contribution in [-0.2, 0) is 0 Å². The Morgan fingerprint density at radius 3 is 2.85 bits per heavy atom. The van der Waals surface area contributed by atoms with Gasteiger partial charge in [0.25, 0.3) is 0 Å². The van der Waals surface area contributed by atoms with E-state index in [1.165, 1.54) is 10.1 Å². The Morgan fingerprint density at radius 2 is 2.15 bits per heavy atom. The Morgan fingerprint density at radius 1 is 1.38 bits per heavy atom. The van der Waals surface area contributed by atoms with E-state index in [1.54, 1.807) is 18.4 Å². The number of fused-ring (bicyclic) bond motifs is 1. The predicted octanol–water partition coefficient (Wildman–Crippen LogP) is 2.80. The second-order valence-electron chi connectivity index (χ2n) is 2.96. The smallest absolute Gasteiger partial charge is 0.174 e. The van der Waals surface area contributed by atoms with E-state index in [0.717, 1.165) is 16.3 Å². The molecule has 0 fully saturated rings. The van der Waals surface area contributed by atoms with Crippen LogP contribution in [0.2, 0.25) is 0 Å². The number of thiophene rings is 1. The van der Waals surface area contributed by atoms with Gasteiger partial charge in [-0.2, -0.15) is 0 Å². The van der Waals surface area contributed by atoms with Crippen LogP contribution in [-0.4, -0.2) is 7.11 Å². The molecule has 2 rings (SSSR count). The number of hydrogen-bond acceptors (Lipinski definition) is 3. The zero-order chi connectivity index (χ0) is 9.42. The fourth-order valence-electron chi connectivity index (χ4n) is 1.35. The molecule has 0 bridgehead atoms. The molecule has 0 unspecified atom stereocenters. The van der Waals surface area contributed by atoms with Crippen LogP contribution >= 0.6 is 11.3 Å². The SMILES string of the molecule is COc1cc2c(C)c(N)ccc2s1. The molecule has 3 heteroatoms. The molecule has 68 valence electrons. The molecule has 0 aliphatic carbocycles. The summed E-state index contributed by atoms with van der Waals surface area (Å²) in [7, 11) is 1.68. The topological polar surface area (TPSA) is 35.2 Å². The first-order valence-corrected chi connectivity index (χ1v) is 4.86. The summed E-state index contributed by atoms with van der Waals surface area (Å²) >= 11 is 1.64. The summed E-state index contributed by atoms with van der Waals surface area (Å²) in [6.45, 7) is 2.03. The molecule has 2 nitrogen and oxygen atoms in total. The van der Waals surface area contributed by atoms with Crippen molar-refractivity contribution in [1.29, 1.82) is 0 Å². The van der Waals surface area contributed by atoms with E-state index in [-0.39, 0.29) is 0 Å². The van der Waals surface area contributed by atoms with Crippen LogP contribution in [0.4, 0.5) is 5.69 Å². The number of hydrogen-bond donors (Lipinski definition) is 1. The Balaban J connectivity index is 2.76. The summed E-state index contributed by atoms with van der Waals surface area (Å²) in [4.78, 5) is 0. The van der Waals surface area contributed by atoms with Crippen LogP contribution in [0.15, 0.2) is 18.2 Å². The predicted molar refractivity (Wildman–Crippen MR) is 57.5 cm³/mol. The van der Waals surface area contributed by atoms with Crippen molar-refractivity contribution in [2.45, 2.75) is 6.92 Å². The van der Waals surface area contributed by atoms with Crippen molar-refractivity contribution >= 4 is 27.1 Å². The highest BCUT2D eigenvalue weighted by atomic mass is 32.1. The van der Waals surface area contributed by atoms with Crippen LogP contribution in [0.3, 0.4) is 0 Å². The molecular weight excluding hydrogens is 182 g/mol. The van der Waals surface area contributed by atoms with Crippen LogP contribution in [0.5, 0.6) is 5.06 Å². The van der Waals surface area contributed by atoms with Gasteiger partial charge in [-0.25, -0.2) is 0 Å². The fraction of sp³-hybridized carbons (Fsp3) is 0.200. The number of anilines is 1. The van der Waals surface area contributed by atoms with Gasteiger partial charge in [0.05, 0.1) is 7.11 Å². The van der Waals surface area contributed by atoms with Crippen molar-refractivity contribution in [3.05, 3.63) is 23.8 Å². The van der Waals surface area contributed by atoms with Gasteiger partial charge in [0.2, 0.25) is 0 Å². The van der Waals surface area contributed by atoms with E-state index in [9.17, 15) is 0 Å². The lowest BCUT2D eigenvalue weighted by Crippen LogP contribution is -1.87. The standard InChI is InChI=1S/C10H11NOS/c1-6-7-5-10(12-2)13-9(7)4-3-8(6)11/h3-5H,11H2,1-2H3. The van der Waals surface area contributed by atoms with E-state index in [0.29, 0.717) is 0 Å². The normalized spacial score (nSPS) is 10.6. The molecule has 0 atom stereocenters. The van der Waals surface area contributed by atoms with Crippen LogP contribution in [0, 0.1) is 6.92 Å². The Kier molecular flexibility index (Phi) is 1.88. The molecule has 0 radical (unpaired) electrons. The molecule has 1 aromatic carbocycles. The molecule has 2 N–H and O–H groups in total. The highest BCUT2D eigenvalue weighted by Crippen LogP contribution is 2.35. The van der Waals surface area contributed by atoms with Crippen molar-refractivity contribution in [1.82, 2.24) is 0 Å². The van der Waals surface area contributed by atoms with Gasteiger partial charge in [-0.3, -0.25) is 0 Å². The lowest BCUT2D eigenvalue weighted by molar-refractivity contribution is 0.427. The zero-order valence-electron chi connectivity index (χ0n) is 7.63. The van der Waals surface area contributed by atoms with E-state index in [2.05, 4.69) is 0 Å². The van der Waals surface area contributed by atoms with E-state index < -0.39 is 0 Å². The monoisotopic (exact) mass is 193 g/mol. The molecule has 0 amide bonds. The average Bonchev–Trinajstić information content (AvgIpc) is 2.55. The molecule has 1 heterocycles. The van der Waals surface area contributed by atoms with Gasteiger partial charge in [0.15, 0.2) is 5.06 Å². The highest BCUT2D eigenvalue weighted by Gasteiger charge is 2.05. The summed E-state index contributed by atoms with van der Waals surface area (Å²) < 4.78 is 6.40. The number of nitrogens with two attached hydrogens (primary N) is 1. The first kappa shape index (κ1) is 8.38. The minimum absolute atomic E-state index is 0.841. The first-order valence-electron chi connectivity index (χ1n) is 4.05. The number of ether oxygens (including phenoxy) is 1. The maximum Gasteiger partial charge on any atom is 0.174 e. The van der Waals surface area contributed by atoms with E-state index in [4.69, 9.17) is 10.5 Å². The van der Waals surface area contributed by atoms with Gasteiger partial charge in [-0.15, -0.1) is 0 Å². The minimum Gasteiger partial charge on any atom is -0.487 e. The minimum atomic E-state index is 0.841. The largest absolute Gasteiger partial charge is 0.487 e. The molecule has 0 aliphatic rings. The van der Waals surface area contributed by atoms with Gasteiger partial charge >= 0.3 is 0 Å². The first-order chi connectivity index (χ1) is 6.22. The molecule has 0 saturated heterocycles. The maximum absolute atomic E-state index is 5.80. The van der Waals surface area contributed by atoms with Crippen molar-refractivity contribution < 1.29 is 4.74 Å². The molecular formula is C10H11NOS.